The molecule has 5 rings (SSSR count). The number of esters is 1. The molecule has 0 aromatic carbocycles. The maximum atomic E-state index is 12.2. The maximum absolute atomic E-state index is 12.2. The highest BCUT2D eigenvalue weighted by Crippen LogP contribution is 2.70. The lowest BCUT2D eigenvalue weighted by Gasteiger charge is -2.63. The zero-order valence-electron chi connectivity index (χ0n) is 18.1. The van der Waals surface area contributed by atoms with Gasteiger partial charge in [0.15, 0.2) is 0 Å². The molecule has 0 amide bonds. The fourth-order valence-electron chi connectivity index (χ4n) is 8.48. The zero-order chi connectivity index (χ0) is 20.4. The fraction of sp³-hybridized carbons (Fsp3) is 0.833. The Kier molecular flexibility index (Phi) is 4.44. The topological polar surface area (TPSA) is 75.2 Å². The van der Waals surface area contributed by atoms with Crippen molar-refractivity contribution in [2.45, 2.75) is 96.2 Å². The number of carbonyl (C=O) groups is 1. The van der Waals surface area contributed by atoms with E-state index in [0.717, 1.165) is 51.4 Å². The molecule has 4 fully saturated rings. The number of hydrogen-bond acceptors (Lipinski definition) is 4. The van der Waals surface area contributed by atoms with Crippen LogP contribution in [0.15, 0.2) is 12.5 Å². The van der Waals surface area contributed by atoms with Crippen molar-refractivity contribution < 1.29 is 14.6 Å². The lowest BCUT2D eigenvalue weighted by molar-refractivity contribution is -0.207. The molecule has 0 bridgehead atoms. The van der Waals surface area contributed by atoms with E-state index < -0.39 is 5.60 Å². The van der Waals surface area contributed by atoms with Gasteiger partial charge in [-0.05, 0) is 81.0 Å². The van der Waals surface area contributed by atoms with E-state index in [1.165, 1.54) is 19.0 Å². The van der Waals surface area contributed by atoms with Gasteiger partial charge in [-0.2, -0.15) is 0 Å². The Balaban J connectivity index is 1.41. The van der Waals surface area contributed by atoms with Gasteiger partial charge >= 0.3 is 5.97 Å². The number of aliphatic hydroxyl groups is 1. The lowest BCUT2D eigenvalue weighted by atomic mass is 9.43. The third-order valence-electron chi connectivity index (χ3n) is 10.0. The first-order valence-corrected chi connectivity index (χ1v) is 11.7. The molecule has 1 aromatic rings. The predicted molar refractivity (Wildman–Crippen MR) is 110 cm³/mol. The van der Waals surface area contributed by atoms with Gasteiger partial charge < -0.3 is 14.8 Å². The van der Waals surface area contributed by atoms with Crippen molar-refractivity contribution in [1.29, 1.82) is 0 Å². The highest BCUT2D eigenvalue weighted by Gasteiger charge is 2.67. The Bertz CT molecular complexity index is 779. The number of aromatic nitrogens is 2. The summed E-state index contributed by atoms with van der Waals surface area (Å²) in [6, 6.07) is 0. The van der Waals surface area contributed by atoms with E-state index in [-0.39, 0.29) is 22.9 Å². The van der Waals surface area contributed by atoms with Crippen LogP contribution in [-0.2, 0) is 9.53 Å². The summed E-state index contributed by atoms with van der Waals surface area (Å²) in [5.41, 5.74) is 0.817. The number of rotatable bonds is 2. The minimum Gasteiger partial charge on any atom is -0.463 e. The maximum Gasteiger partial charge on any atom is 0.302 e. The van der Waals surface area contributed by atoms with Crippen LogP contribution >= 0.6 is 0 Å². The SMILES string of the molecule is CC(=O)O[C@H]1CC[C@]2(C)C3CC[C@]4(C)[C@@H](c5cnc[nH]5)CC[C@]4(O)C3CC[C@@H]2C1. The van der Waals surface area contributed by atoms with Crippen LogP contribution in [0.5, 0.6) is 0 Å². The number of H-pyrrole nitrogens is 1. The van der Waals surface area contributed by atoms with Crippen molar-refractivity contribution in [3.63, 3.8) is 0 Å². The van der Waals surface area contributed by atoms with Crippen molar-refractivity contribution >= 4 is 5.97 Å². The summed E-state index contributed by atoms with van der Waals surface area (Å²) in [7, 11) is 0. The third-order valence-corrected chi connectivity index (χ3v) is 10.0. The molecule has 0 radical (unpaired) electrons. The molecular weight excluding hydrogens is 364 g/mol. The van der Waals surface area contributed by atoms with E-state index in [0.29, 0.717) is 23.7 Å². The van der Waals surface area contributed by atoms with Gasteiger partial charge in [0.2, 0.25) is 0 Å². The second-order valence-corrected chi connectivity index (χ2v) is 11.0. The Morgan fingerprint density at radius 1 is 1.14 bits per heavy atom. The minimum atomic E-state index is -0.577. The highest BCUT2D eigenvalue weighted by molar-refractivity contribution is 5.66. The standard InChI is InChI=1S/C24H36N2O3/c1-15(27)29-17-6-9-22(2)16(12-17)4-5-19-18(22)7-10-23(3)20(8-11-24(19,23)28)21-13-25-14-26-21/h13-14,16-20,28H,4-12H2,1-3H3,(H,25,26)/t16-,17+,18?,19?,20-,22+,23-,24+/m1/s1. The van der Waals surface area contributed by atoms with Crippen LogP contribution < -0.4 is 0 Å². The summed E-state index contributed by atoms with van der Waals surface area (Å²) in [5.74, 6) is 1.81. The van der Waals surface area contributed by atoms with Gasteiger partial charge in [0.1, 0.15) is 6.10 Å². The molecule has 2 N–H and O–H groups in total. The van der Waals surface area contributed by atoms with E-state index >= 15 is 0 Å². The number of aromatic amines is 1. The van der Waals surface area contributed by atoms with Crippen molar-refractivity contribution in [3.8, 4) is 0 Å². The number of imidazole rings is 1. The number of ether oxygens (including phenoxy) is 1. The van der Waals surface area contributed by atoms with Gasteiger partial charge in [0.25, 0.3) is 0 Å². The number of hydrogen-bond donors (Lipinski definition) is 2. The monoisotopic (exact) mass is 400 g/mol. The minimum absolute atomic E-state index is 0.0706. The van der Waals surface area contributed by atoms with Gasteiger partial charge in [0, 0.05) is 30.1 Å². The van der Waals surface area contributed by atoms with E-state index in [1.54, 1.807) is 6.33 Å². The van der Waals surface area contributed by atoms with E-state index in [4.69, 9.17) is 4.74 Å². The van der Waals surface area contributed by atoms with E-state index in [2.05, 4.69) is 23.8 Å². The van der Waals surface area contributed by atoms with E-state index in [1.807, 2.05) is 6.20 Å². The van der Waals surface area contributed by atoms with Gasteiger partial charge in [-0.3, -0.25) is 4.79 Å². The van der Waals surface area contributed by atoms with Crippen LogP contribution in [0.25, 0.3) is 0 Å². The smallest absolute Gasteiger partial charge is 0.302 e. The molecule has 4 saturated carbocycles. The Morgan fingerprint density at radius 2 is 1.97 bits per heavy atom. The average molecular weight is 401 g/mol. The molecule has 4 aliphatic carbocycles. The van der Waals surface area contributed by atoms with Gasteiger partial charge in [-0.15, -0.1) is 0 Å². The molecule has 29 heavy (non-hydrogen) atoms. The van der Waals surface area contributed by atoms with Crippen LogP contribution in [0.1, 0.15) is 90.2 Å². The Labute approximate surface area is 174 Å². The normalized spacial score (nSPS) is 49.0. The number of nitrogens with zero attached hydrogens (tertiary/aromatic N) is 1. The summed E-state index contributed by atoms with van der Waals surface area (Å²) >= 11 is 0. The van der Waals surface area contributed by atoms with Gasteiger partial charge in [-0.1, -0.05) is 13.8 Å². The summed E-state index contributed by atoms with van der Waals surface area (Å²) < 4.78 is 5.58. The third kappa shape index (κ3) is 2.68. The van der Waals surface area contributed by atoms with Crippen molar-refractivity contribution in [1.82, 2.24) is 9.97 Å². The van der Waals surface area contributed by atoms with Crippen LogP contribution in [0.4, 0.5) is 0 Å². The summed E-state index contributed by atoms with van der Waals surface area (Å²) in [5, 5.41) is 12.2. The van der Waals surface area contributed by atoms with Gasteiger partial charge in [-0.25, -0.2) is 4.98 Å². The Hall–Kier alpha value is -1.36. The summed E-state index contributed by atoms with van der Waals surface area (Å²) in [6.07, 6.45) is 13.4. The molecular formula is C24H36N2O3. The molecule has 1 aromatic heterocycles. The van der Waals surface area contributed by atoms with Crippen molar-refractivity contribution in [2.75, 3.05) is 0 Å². The van der Waals surface area contributed by atoms with Crippen LogP contribution in [0, 0.1) is 28.6 Å². The molecule has 0 aliphatic heterocycles. The predicted octanol–water partition coefficient (Wildman–Crippen LogP) is 4.58. The van der Waals surface area contributed by atoms with Crippen LogP contribution in [0.2, 0.25) is 0 Å². The number of nitrogens with one attached hydrogen (secondary N) is 1. The average Bonchev–Trinajstić information content (AvgIpc) is 3.27. The quantitative estimate of drug-likeness (QED) is 0.713. The largest absolute Gasteiger partial charge is 0.463 e. The number of fused-ring (bicyclic) bond motifs is 5. The molecule has 2 unspecified atom stereocenters. The first-order chi connectivity index (χ1) is 13.8. The number of carbonyl (C=O) groups excluding carboxylic acids is 1. The van der Waals surface area contributed by atoms with Crippen LogP contribution in [0.3, 0.4) is 0 Å². The second kappa shape index (κ2) is 6.57. The Morgan fingerprint density at radius 3 is 2.69 bits per heavy atom. The lowest BCUT2D eigenvalue weighted by Crippen LogP contribution is -2.62. The van der Waals surface area contributed by atoms with Crippen molar-refractivity contribution in [2.24, 2.45) is 28.6 Å². The van der Waals surface area contributed by atoms with E-state index in [9.17, 15) is 9.90 Å². The molecule has 8 atom stereocenters. The molecule has 5 nitrogen and oxygen atoms in total. The van der Waals surface area contributed by atoms with Gasteiger partial charge in [0.05, 0.1) is 11.9 Å². The molecule has 5 heteroatoms. The zero-order valence-corrected chi connectivity index (χ0v) is 18.1. The first kappa shape index (κ1) is 19.6. The molecule has 1 heterocycles. The highest BCUT2D eigenvalue weighted by atomic mass is 16.5. The fourth-order valence-corrected chi connectivity index (χ4v) is 8.48. The molecule has 0 spiro atoms. The summed E-state index contributed by atoms with van der Waals surface area (Å²) in [4.78, 5) is 19.0. The molecule has 4 aliphatic rings. The summed E-state index contributed by atoms with van der Waals surface area (Å²) in [6.45, 7) is 6.35. The molecule has 160 valence electrons. The van der Waals surface area contributed by atoms with Crippen LogP contribution in [-0.4, -0.2) is 32.7 Å². The second-order valence-electron chi connectivity index (χ2n) is 11.0. The van der Waals surface area contributed by atoms with Crippen molar-refractivity contribution in [3.05, 3.63) is 18.2 Å². The first-order valence-electron chi connectivity index (χ1n) is 11.7. The molecule has 0 saturated heterocycles.